The molecule has 0 aliphatic rings. The largest absolute Gasteiger partial charge is 0.416 e. The van der Waals surface area contributed by atoms with Crippen molar-refractivity contribution >= 4 is 11.8 Å². The van der Waals surface area contributed by atoms with E-state index < -0.39 is 29.8 Å². The molecule has 4 N–H and O–H groups in total. The van der Waals surface area contributed by atoms with Crippen molar-refractivity contribution in [2.45, 2.75) is 64.5 Å². The third kappa shape index (κ3) is 8.92. The lowest BCUT2D eigenvalue weighted by molar-refractivity contribution is -0.137. The van der Waals surface area contributed by atoms with Crippen LogP contribution in [-0.2, 0) is 25.7 Å². The summed E-state index contributed by atoms with van der Waals surface area (Å²) in [7, 11) is 0. The molecule has 2 amide bonds. The van der Waals surface area contributed by atoms with Gasteiger partial charge >= 0.3 is 6.18 Å². The molecule has 40 heavy (non-hydrogen) atoms. The van der Waals surface area contributed by atoms with Gasteiger partial charge in [-0.3, -0.25) is 14.3 Å². The smallest absolute Gasteiger partial charge is 0.390 e. The number of aryl methyl sites for hydroxylation is 1. The average Bonchev–Trinajstić information content (AvgIpc) is 3.38. The fourth-order valence-corrected chi connectivity index (χ4v) is 4.18. The van der Waals surface area contributed by atoms with E-state index in [1.165, 1.54) is 16.8 Å². The molecule has 0 fully saturated rings. The first-order valence-corrected chi connectivity index (χ1v) is 13.4. The summed E-state index contributed by atoms with van der Waals surface area (Å²) in [5.74, 6) is -0.866. The molecule has 0 radical (unpaired) electrons. The summed E-state index contributed by atoms with van der Waals surface area (Å²) in [6, 6.07) is 14.9. The Morgan fingerprint density at radius 1 is 1.00 bits per heavy atom. The van der Waals surface area contributed by atoms with E-state index in [1.807, 2.05) is 44.2 Å². The maximum Gasteiger partial charge on any atom is 0.416 e. The third-order valence-electron chi connectivity index (χ3n) is 6.38. The van der Waals surface area contributed by atoms with Crippen LogP contribution in [-0.4, -0.2) is 51.9 Å². The Balaban J connectivity index is 1.70. The minimum absolute atomic E-state index is 0.0164. The number of halogens is 3. The van der Waals surface area contributed by atoms with E-state index in [4.69, 9.17) is 0 Å². The molecule has 0 unspecified atom stereocenters. The normalized spacial score (nSPS) is 13.1. The molecule has 8 nitrogen and oxygen atoms in total. The van der Waals surface area contributed by atoms with Crippen molar-refractivity contribution in [1.29, 1.82) is 0 Å². The standard InChI is InChI=1S/C29H36F3N5O3/c1-3-5-14-34-28(40)25-17-24(36-37(25)4-2)27(39)35-23(16-20-10-7-6-8-11-20)26(38)19-33-18-21-12-9-13-22(15-21)29(30,31)32/h6-13,15,17,23,26,33,38H,3-5,14,16,18-19H2,1-2H3,(H,34,40)(H,35,39)/t23-,26+/m0/s1. The number of carbonyl (C=O) groups is 2. The number of hydrogen-bond donors (Lipinski definition) is 4. The summed E-state index contributed by atoms with van der Waals surface area (Å²) >= 11 is 0. The second-order valence-corrected chi connectivity index (χ2v) is 9.51. The number of aromatic nitrogens is 2. The minimum atomic E-state index is -4.44. The van der Waals surface area contributed by atoms with Gasteiger partial charge in [-0.2, -0.15) is 18.3 Å². The predicted molar refractivity (Wildman–Crippen MR) is 146 cm³/mol. The van der Waals surface area contributed by atoms with Gasteiger partial charge in [-0.1, -0.05) is 61.9 Å². The lowest BCUT2D eigenvalue weighted by Crippen LogP contribution is -2.48. The molecule has 1 aromatic heterocycles. The van der Waals surface area contributed by atoms with Gasteiger partial charge in [-0.05, 0) is 37.0 Å². The van der Waals surface area contributed by atoms with Gasteiger partial charge in [0, 0.05) is 32.2 Å². The number of aliphatic hydroxyl groups is 1. The topological polar surface area (TPSA) is 108 Å². The van der Waals surface area contributed by atoms with Gasteiger partial charge in [0.2, 0.25) is 0 Å². The van der Waals surface area contributed by atoms with Crippen LogP contribution in [0.1, 0.15) is 64.4 Å². The summed E-state index contributed by atoms with van der Waals surface area (Å²) in [4.78, 5) is 25.8. The zero-order chi connectivity index (χ0) is 29.1. The van der Waals surface area contributed by atoms with E-state index in [9.17, 15) is 27.9 Å². The van der Waals surface area contributed by atoms with Crippen LogP contribution in [0, 0.1) is 0 Å². The van der Waals surface area contributed by atoms with Gasteiger partial charge in [-0.25, -0.2) is 0 Å². The Kier molecular flexibility index (Phi) is 11.3. The second-order valence-electron chi connectivity index (χ2n) is 9.51. The van der Waals surface area contributed by atoms with Crippen molar-refractivity contribution in [3.05, 3.63) is 88.7 Å². The van der Waals surface area contributed by atoms with Gasteiger partial charge in [0.1, 0.15) is 5.69 Å². The van der Waals surface area contributed by atoms with Crippen molar-refractivity contribution in [1.82, 2.24) is 25.7 Å². The van der Waals surface area contributed by atoms with Crippen molar-refractivity contribution in [3.8, 4) is 0 Å². The van der Waals surface area contributed by atoms with Crippen LogP contribution < -0.4 is 16.0 Å². The van der Waals surface area contributed by atoms with E-state index in [-0.39, 0.29) is 30.4 Å². The summed E-state index contributed by atoms with van der Waals surface area (Å²) in [6.07, 6.45) is -3.44. The Morgan fingerprint density at radius 3 is 2.40 bits per heavy atom. The number of alkyl halides is 3. The Hall–Kier alpha value is -3.70. The highest BCUT2D eigenvalue weighted by Crippen LogP contribution is 2.29. The number of aliphatic hydroxyl groups excluding tert-OH is 1. The van der Waals surface area contributed by atoms with E-state index in [0.29, 0.717) is 25.1 Å². The summed E-state index contributed by atoms with van der Waals surface area (Å²) in [5, 5.41) is 23.9. The van der Waals surface area contributed by atoms with E-state index in [0.717, 1.165) is 30.5 Å². The summed E-state index contributed by atoms with van der Waals surface area (Å²) in [6.45, 7) is 4.86. The van der Waals surface area contributed by atoms with Crippen LogP contribution >= 0.6 is 0 Å². The van der Waals surface area contributed by atoms with Crippen LogP contribution in [0.15, 0.2) is 60.7 Å². The molecule has 216 valence electrons. The maximum absolute atomic E-state index is 13.2. The van der Waals surface area contributed by atoms with Crippen LogP contribution in [0.5, 0.6) is 0 Å². The summed E-state index contributed by atoms with van der Waals surface area (Å²) < 4.78 is 40.5. The molecule has 3 aromatic rings. The lowest BCUT2D eigenvalue weighted by Gasteiger charge is -2.24. The maximum atomic E-state index is 13.2. The Bertz CT molecular complexity index is 1250. The SMILES string of the molecule is CCCCNC(=O)c1cc(C(=O)N[C@@H](Cc2ccccc2)[C@H](O)CNCc2cccc(C(F)(F)F)c2)nn1CC. The zero-order valence-corrected chi connectivity index (χ0v) is 22.7. The number of unbranched alkanes of at least 4 members (excludes halogenated alkanes) is 1. The highest BCUT2D eigenvalue weighted by molar-refractivity contribution is 5.98. The molecule has 2 aromatic carbocycles. The van der Waals surface area contributed by atoms with Crippen molar-refractivity contribution < 1.29 is 27.9 Å². The van der Waals surface area contributed by atoms with Gasteiger partial charge in [-0.15, -0.1) is 0 Å². The number of amides is 2. The van der Waals surface area contributed by atoms with Crippen molar-refractivity contribution in [3.63, 3.8) is 0 Å². The zero-order valence-electron chi connectivity index (χ0n) is 22.7. The Labute approximate surface area is 232 Å². The minimum Gasteiger partial charge on any atom is -0.390 e. The van der Waals surface area contributed by atoms with Crippen molar-refractivity contribution in [2.24, 2.45) is 0 Å². The molecule has 0 saturated heterocycles. The molecular weight excluding hydrogens is 523 g/mol. The molecular formula is C29H36F3N5O3. The molecule has 0 spiro atoms. The molecule has 3 rings (SSSR count). The monoisotopic (exact) mass is 559 g/mol. The number of nitrogens with one attached hydrogen (secondary N) is 3. The molecule has 11 heteroatoms. The van der Waals surface area contributed by atoms with Gasteiger partial charge in [0.25, 0.3) is 11.8 Å². The molecule has 0 aliphatic heterocycles. The van der Waals surface area contributed by atoms with Gasteiger partial charge in [0.15, 0.2) is 5.69 Å². The predicted octanol–water partition coefficient (Wildman–Crippen LogP) is 3.94. The molecule has 2 atom stereocenters. The molecule has 0 bridgehead atoms. The number of rotatable bonds is 14. The van der Waals surface area contributed by atoms with E-state index in [1.54, 1.807) is 6.07 Å². The van der Waals surface area contributed by atoms with E-state index >= 15 is 0 Å². The van der Waals surface area contributed by atoms with E-state index in [2.05, 4.69) is 21.0 Å². The number of nitrogens with zero attached hydrogens (tertiary/aromatic N) is 2. The van der Waals surface area contributed by atoms with Crippen LogP contribution in [0.4, 0.5) is 13.2 Å². The highest BCUT2D eigenvalue weighted by atomic mass is 19.4. The van der Waals surface area contributed by atoms with Crippen LogP contribution in [0.2, 0.25) is 0 Å². The molecule has 1 heterocycles. The quantitative estimate of drug-likeness (QED) is 0.224. The molecule has 0 saturated carbocycles. The van der Waals surface area contributed by atoms with Crippen LogP contribution in [0.3, 0.4) is 0 Å². The Morgan fingerprint density at radius 2 is 1.73 bits per heavy atom. The van der Waals surface area contributed by atoms with Crippen molar-refractivity contribution in [2.75, 3.05) is 13.1 Å². The number of carbonyl (C=O) groups excluding carboxylic acids is 2. The van der Waals surface area contributed by atoms with Crippen LogP contribution in [0.25, 0.3) is 0 Å². The lowest BCUT2D eigenvalue weighted by atomic mass is 10.0. The average molecular weight is 560 g/mol. The van der Waals surface area contributed by atoms with Gasteiger partial charge in [0.05, 0.1) is 17.7 Å². The second kappa shape index (κ2) is 14.6. The summed E-state index contributed by atoms with van der Waals surface area (Å²) in [5.41, 5.74) is 0.864. The number of benzene rings is 2. The molecule has 0 aliphatic carbocycles. The third-order valence-corrected chi connectivity index (χ3v) is 6.38. The fourth-order valence-electron chi connectivity index (χ4n) is 4.18. The highest BCUT2D eigenvalue weighted by Gasteiger charge is 2.30. The first-order chi connectivity index (χ1) is 19.1. The first kappa shape index (κ1) is 30.8. The van der Waals surface area contributed by atoms with Gasteiger partial charge < -0.3 is 21.1 Å². The fraction of sp³-hybridized carbons (Fsp3) is 0.414. The first-order valence-electron chi connectivity index (χ1n) is 13.4. The number of hydrogen-bond acceptors (Lipinski definition) is 5.